The van der Waals surface area contributed by atoms with Crippen LogP contribution in [0.1, 0.15) is 20.8 Å². The summed E-state index contributed by atoms with van der Waals surface area (Å²) >= 11 is 0. The summed E-state index contributed by atoms with van der Waals surface area (Å²) in [5.41, 5.74) is -0.535. The van der Waals surface area contributed by atoms with Gasteiger partial charge in [0.15, 0.2) is 0 Å². The van der Waals surface area contributed by atoms with E-state index in [1.165, 1.54) is 4.90 Å². The zero-order chi connectivity index (χ0) is 12.6. The summed E-state index contributed by atoms with van der Waals surface area (Å²) in [5.74, 6) is -0.124. The first-order valence-electron chi connectivity index (χ1n) is 5.86. The summed E-state index contributed by atoms with van der Waals surface area (Å²) in [6.07, 6.45) is -0.411. The molecule has 0 spiro atoms. The van der Waals surface area contributed by atoms with Crippen LogP contribution in [-0.4, -0.2) is 54.2 Å². The number of ether oxygens (including phenoxy) is 1. The Bertz CT molecular complexity index is 337. The van der Waals surface area contributed by atoms with Crippen LogP contribution in [0.15, 0.2) is 0 Å². The average molecular weight is 241 g/mol. The Labute approximate surface area is 101 Å². The highest BCUT2D eigenvalue weighted by molar-refractivity contribution is 5.84. The van der Waals surface area contributed by atoms with Gasteiger partial charge in [-0.3, -0.25) is 9.69 Å². The van der Waals surface area contributed by atoms with Crippen molar-refractivity contribution in [2.45, 2.75) is 38.5 Å². The van der Waals surface area contributed by atoms with E-state index in [-0.39, 0.29) is 24.5 Å². The molecule has 96 valence electrons. The molecule has 2 heterocycles. The zero-order valence-corrected chi connectivity index (χ0v) is 10.4. The maximum absolute atomic E-state index is 12.0. The fourth-order valence-corrected chi connectivity index (χ4v) is 2.18. The predicted molar refractivity (Wildman–Crippen MR) is 61.5 cm³/mol. The van der Waals surface area contributed by atoms with Crippen molar-refractivity contribution in [2.75, 3.05) is 19.6 Å². The minimum atomic E-state index is -0.535. The first kappa shape index (κ1) is 12.2. The molecule has 0 aromatic heterocycles. The second kappa shape index (κ2) is 4.18. The average Bonchev–Trinajstić information content (AvgIpc) is 2.60. The topological polar surface area (TPSA) is 70.7 Å². The highest BCUT2D eigenvalue weighted by Gasteiger charge is 2.41. The van der Waals surface area contributed by atoms with Gasteiger partial charge >= 0.3 is 6.09 Å². The minimum Gasteiger partial charge on any atom is -0.444 e. The van der Waals surface area contributed by atoms with E-state index < -0.39 is 11.7 Å². The Morgan fingerprint density at radius 3 is 2.76 bits per heavy atom. The summed E-state index contributed by atoms with van der Waals surface area (Å²) in [6, 6.07) is 0.00585. The quantitative estimate of drug-likeness (QED) is 0.610. The fourth-order valence-electron chi connectivity index (χ4n) is 2.18. The van der Waals surface area contributed by atoms with Gasteiger partial charge in [-0.1, -0.05) is 0 Å². The van der Waals surface area contributed by atoms with Crippen LogP contribution in [0.2, 0.25) is 0 Å². The first-order chi connectivity index (χ1) is 7.87. The van der Waals surface area contributed by atoms with E-state index in [0.717, 1.165) is 0 Å². The van der Waals surface area contributed by atoms with Gasteiger partial charge in [0.25, 0.3) is 0 Å². The van der Waals surface area contributed by atoms with Crippen LogP contribution in [0.25, 0.3) is 0 Å². The van der Waals surface area contributed by atoms with Gasteiger partial charge in [-0.2, -0.15) is 0 Å². The number of carbonyl (C=O) groups excluding carboxylic acids is 2. The highest BCUT2D eigenvalue weighted by atomic mass is 16.6. The lowest BCUT2D eigenvalue weighted by atomic mass is 10.1. The molecule has 2 N–H and O–H groups in total. The van der Waals surface area contributed by atoms with Crippen molar-refractivity contribution >= 4 is 12.0 Å². The molecule has 2 saturated heterocycles. The molecule has 0 unspecified atom stereocenters. The molecule has 2 atom stereocenters. The Hall–Kier alpha value is -1.30. The molecule has 0 saturated carbocycles. The van der Waals surface area contributed by atoms with Crippen LogP contribution in [0.3, 0.4) is 0 Å². The number of piperazine rings is 1. The number of nitrogens with zero attached hydrogens (tertiary/aromatic N) is 1. The predicted octanol–water partition coefficient (Wildman–Crippen LogP) is -0.306. The van der Waals surface area contributed by atoms with Crippen LogP contribution in [0, 0.1) is 0 Å². The molecule has 0 aromatic carbocycles. The van der Waals surface area contributed by atoms with Crippen LogP contribution in [0.4, 0.5) is 4.79 Å². The molecule has 2 rings (SSSR count). The molecule has 0 bridgehead atoms. The van der Waals surface area contributed by atoms with Gasteiger partial charge in [0.2, 0.25) is 5.91 Å². The summed E-state index contributed by atoms with van der Waals surface area (Å²) in [4.78, 5) is 25.0. The summed E-state index contributed by atoms with van der Waals surface area (Å²) in [5, 5.41) is 6.04. The van der Waals surface area contributed by atoms with Gasteiger partial charge in [-0.15, -0.1) is 0 Å². The van der Waals surface area contributed by atoms with Crippen LogP contribution in [-0.2, 0) is 9.53 Å². The third-order valence-electron chi connectivity index (χ3n) is 2.87. The number of hydrogen-bond acceptors (Lipinski definition) is 4. The van der Waals surface area contributed by atoms with Crippen molar-refractivity contribution < 1.29 is 14.3 Å². The summed E-state index contributed by atoms with van der Waals surface area (Å²) < 4.78 is 5.31. The lowest BCUT2D eigenvalue weighted by molar-refractivity contribution is -0.126. The minimum absolute atomic E-state index is 0.00236. The van der Waals surface area contributed by atoms with Gasteiger partial charge in [0, 0.05) is 13.1 Å². The van der Waals surface area contributed by atoms with E-state index in [1.54, 1.807) is 0 Å². The second-order valence-electron chi connectivity index (χ2n) is 5.51. The monoisotopic (exact) mass is 241 g/mol. The van der Waals surface area contributed by atoms with E-state index in [0.29, 0.717) is 13.1 Å². The van der Waals surface area contributed by atoms with E-state index >= 15 is 0 Å². The number of fused-ring (bicyclic) bond motifs is 1. The normalized spacial score (nSPS) is 28.6. The van der Waals surface area contributed by atoms with Gasteiger partial charge in [-0.05, 0) is 20.8 Å². The second-order valence-corrected chi connectivity index (χ2v) is 5.51. The van der Waals surface area contributed by atoms with Crippen molar-refractivity contribution in [2.24, 2.45) is 0 Å². The molecule has 6 heteroatoms. The molecular weight excluding hydrogens is 222 g/mol. The largest absolute Gasteiger partial charge is 0.444 e. The van der Waals surface area contributed by atoms with Crippen LogP contribution < -0.4 is 10.6 Å². The van der Waals surface area contributed by atoms with Gasteiger partial charge in [-0.25, -0.2) is 4.79 Å². The molecule has 2 aliphatic rings. The van der Waals surface area contributed by atoms with Gasteiger partial charge in [0.05, 0.1) is 12.1 Å². The number of amides is 2. The van der Waals surface area contributed by atoms with Crippen molar-refractivity contribution in [3.8, 4) is 0 Å². The third kappa shape index (κ3) is 2.69. The molecule has 0 aliphatic carbocycles. The highest BCUT2D eigenvalue weighted by Crippen LogP contribution is 2.18. The SMILES string of the molecule is CC(C)(C)OC(=O)N1CC(=O)N[C@H]2CNC[C@@H]21. The Kier molecular flexibility index (Phi) is 2.99. The van der Waals surface area contributed by atoms with Crippen molar-refractivity contribution in [3.05, 3.63) is 0 Å². The smallest absolute Gasteiger partial charge is 0.411 e. The summed E-state index contributed by atoms with van der Waals surface area (Å²) in [6.45, 7) is 6.94. The van der Waals surface area contributed by atoms with E-state index in [4.69, 9.17) is 4.74 Å². The van der Waals surface area contributed by atoms with E-state index in [9.17, 15) is 9.59 Å². The van der Waals surface area contributed by atoms with Gasteiger partial charge in [0.1, 0.15) is 12.1 Å². The Balaban J connectivity index is 2.07. The van der Waals surface area contributed by atoms with Crippen LogP contribution in [0.5, 0.6) is 0 Å². The number of nitrogens with one attached hydrogen (secondary N) is 2. The molecule has 2 amide bonds. The first-order valence-corrected chi connectivity index (χ1v) is 5.86. The number of carbonyl (C=O) groups is 2. The van der Waals surface area contributed by atoms with Crippen molar-refractivity contribution in [3.63, 3.8) is 0 Å². The standard InChI is InChI=1S/C11H19N3O3/c1-11(2,3)17-10(16)14-6-9(15)13-7-4-12-5-8(7)14/h7-8,12H,4-6H2,1-3H3,(H,13,15)/t7-,8-/m0/s1. The fraction of sp³-hybridized carbons (Fsp3) is 0.818. The van der Waals surface area contributed by atoms with E-state index in [1.807, 2.05) is 20.8 Å². The Morgan fingerprint density at radius 2 is 2.12 bits per heavy atom. The maximum Gasteiger partial charge on any atom is 0.411 e. The lowest BCUT2D eigenvalue weighted by Gasteiger charge is -2.37. The van der Waals surface area contributed by atoms with Gasteiger partial charge < -0.3 is 15.4 Å². The Morgan fingerprint density at radius 1 is 1.41 bits per heavy atom. The molecule has 0 aromatic rings. The summed E-state index contributed by atoms with van der Waals surface area (Å²) in [7, 11) is 0. The molecule has 17 heavy (non-hydrogen) atoms. The zero-order valence-electron chi connectivity index (χ0n) is 10.4. The third-order valence-corrected chi connectivity index (χ3v) is 2.87. The molecule has 0 radical (unpaired) electrons. The maximum atomic E-state index is 12.0. The molecular formula is C11H19N3O3. The molecule has 6 nitrogen and oxygen atoms in total. The lowest BCUT2D eigenvalue weighted by Crippen LogP contribution is -2.62. The van der Waals surface area contributed by atoms with Crippen LogP contribution >= 0.6 is 0 Å². The number of hydrogen-bond donors (Lipinski definition) is 2. The molecule has 2 fully saturated rings. The number of rotatable bonds is 0. The van der Waals surface area contributed by atoms with Crippen molar-refractivity contribution in [1.82, 2.24) is 15.5 Å². The molecule has 2 aliphatic heterocycles. The van der Waals surface area contributed by atoms with Crippen molar-refractivity contribution in [1.29, 1.82) is 0 Å². The van der Waals surface area contributed by atoms with E-state index in [2.05, 4.69) is 10.6 Å².